The van der Waals surface area contributed by atoms with Crippen LogP contribution in [0.15, 0.2) is 54.6 Å². The molecule has 3 aromatic carbocycles. The summed E-state index contributed by atoms with van der Waals surface area (Å²) in [5.74, 6) is -1.37. The monoisotopic (exact) mass is 378 g/mol. The molecule has 3 aromatic rings. The topological polar surface area (TPSA) is 84.5 Å². The zero-order chi connectivity index (χ0) is 19.9. The number of hydrogen-bond donors (Lipinski definition) is 2. The van der Waals surface area contributed by atoms with Crippen LogP contribution in [0.3, 0.4) is 0 Å². The Labute approximate surface area is 162 Å². The molecule has 0 aliphatic rings. The average Bonchev–Trinajstić information content (AvgIpc) is 2.72. The van der Waals surface area contributed by atoms with Gasteiger partial charge in [0.15, 0.2) is 6.61 Å². The second-order valence-electron chi connectivity index (χ2n) is 6.40. The summed E-state index contributed by atoms with van der Waals surface area (Å²) in [4.78, 5) is 36.2. The summed E-state index contributed by atoms with van der Waals surface area (Å²) in [5, 5.41) is 8.48. The van der Waals surface area contributed by atoms with Crippen molar-refractivity contribution in [1.29, 1.82) is 0 Å². The van der Waals surface area contributed by atoms with Gasteiger partial charge in [0.2, 0.25) is 5.91 Å². The minimum Gasteiger partial charge on any atom is -0.452 e. The molecule has 3 rings (SSSR count). The van der Waals surface area contributed by atoms with Crippen molar-refractivity contribution in [2.24, 2.45) is 0 Å². The summed E-state index contributed by atoms with van der Waals surface area (Å²) < 4.78 is 5.24. The number of rotatable bonds is 7. The number of benzene rings is 3. The van der Waals surface area contributed by atoms with Crippen LogP contribution in [-0.2, 0) is 14.3 Å². The number of fused-ring (bicyclic) bond motifs is 2. The van der Waals surface area contributed by atoms with E-state index in [9.17, 15) is 14.4 Å². The van der Waals surface area contributed by atoms with Gasteiger partial charge in [0, 0.05) is 6.54 Å². The van der Waals surface area contributed by atoms with Gasteiger partial charge in [-0.3, -0.25) is 9.59 Å². The smallest absolute Gasteiger partial charge is 0.339 e. The number of carbonyl (C=O) groups excluding carboxylic acids is 3. The molecule has 0 spiro atoms. The van der Waals surface area contributed by atoms with Crippen molar-refractivity contribution in [3.63, 3.8) is 0 Å². The van der Waals surface area contributed by atoms with Gasteiger partial charge in [-0.25, -0.2) is 4.79 Å². The van der Waals surface area contributed by atoms with Gasteiger partial charge in [-0.2, -0.15) is 0 Å². The van der Waals surface area contributed by atoms with E-state index in [1.54, 1.807) is 0 Å². The van der Waals surface area contributed by atoms with Crippen molar-refractivity contribution >= 4 is 39.3 Å². The summed E-state index contributed by atoms with van der Waals surface area (Å²) >= 11 is 0. The first-order chi connectivity index (χ1) is 13.6. The van der Waals surface area contributed by atoms with Crippen molar-refractivity contribution in [3.05, 3.63) is 60.2 Å². The maximum Gasteiger partial charge on any atom is 0.339 e. The highest BCUT2D eigenvalue weighted by Gasteiger charge is 2.17. The first-order valence-electron chi connectivity index (χ1n) is 9.21. The summed E-state index contributed by atoms with van der Waals surface area (Å²) in [7, 11) is 0. The Hall–Kier alpha value is -3.41. The Kier molecular flexibility index (Phi) is 6.22. The largest absolute Gasteiger partial charge is 0.452 e. The minimum atomic E-state index is -0.571. The lowest BCUT2D eigenvalue weighted by Crippen LogP contribution is -2.38. The molecule has 0 heterocycles. The van der Waals surface area contributed by atoms with Crippen LogP contribution >= 0.6 is 0 Å². The predicted molar refractivity (Wildman–Crippen MR) is 108 cm³/mol. The molecule has 2 N–H and O–H groups in total. The first-order valence-corrected chi connectivity index (χ1v) is 9.21. The van der Waals surface area contributed by atoms with Crippen molar-refractivity contribution in [3.8, 4) is 0 Å². The Morgan fingerprint density at radius 3 is 2.07 bits per heavy atom. The molecule has 2 amide bonds. The van der Waals surface area contributed by atoms with E-state index < -0.39 is 18.5 Å². The minimum absolute atomic E-state index is 0.145. The average molecular weight is 378 g/mol. The van der Waals surface area contributed by atoms with Gasteiger partial charge in [-0.05, 0) is 34.0 Å². The summed E-state index contributed by atoms with van der Waals surface area (Å²) in [6.07, 6.45) is 0.816. The molecule has 144 valence electrons. The molecule has 28 heavy (non-hydrogen) atoms. The lowest BCUT2D eigenvalue weighted by Gasteiger charge is -2.11. The molecule has 0 bridgehead atoms. The Morgan fingerprint density at radius 1 is 0.857 bits per heavy atom. The number of hydrogen-bond acceptors (Lipinski definition) is 4. The van der Waals surface area contributed by atoms with Crippen LogP contribution in [0.5, 0.6) is 0 Å². The maximum atomic E-state index is 12.8. The molecular weight excluding hydrogens is 356 g/mol. The Bertz CT molecular complexity index is 975. The molecule has 0 fully saturated rings. The van der Waals surface area contributed by atoms with Crippen LogP contribution in [0, 0.1) is 0 Å². The van der Waals surface area contributed by atoms with Gasteiger partial charge in [0.1, 0.15) is 0 Å². The van der Waals surface area contributed by atoms with Crippen molar-refractivity contribution in [2.45, 2.75) is 13.3 Å². The zero-order valence-corrected chi connectivity index (χ0v) is 15.7. The summed E-state index contributed by atoms with van der Waals surface area (Å²) in [6.45, 7) is 1.90. The van der Waals surface area contributed by atoms with E-state index in [-0.39, 0.29) is 12.5 Å². The molecule has 0 saturated heterocycles. The molecule has 0 atom stereocenters. The number of amides is 2. The van der Waals surface area contributed by atoms with Gasteiger partial charge in [0.05, 0.1) is 12.1 Å². The quantitative estimate of drug-likeness (QED) is 0.489. The first kappa shape index (κ1) is 19.4. The fraction of sp³-hybridized carbons (Fsp3) is 0.227. The molecule has 0 saturated carbocycles. The van der Waals surface area contributed by atoms with Gasteiger partial charge < -0.3 is 15.4 Å². The predicted octanol–water partition coefficient (Wildman–Crippen LogP) is 2.79. The van der Waals surface area contributed by atoms with Crippen molar-refractivity contribution in [2.75, 3.05) is 19.7 Å². The van der Waals surface area contributed by atoms with E-state index >= 15 is 0 Å². The van der Waals surface area contributed by atoms with Gasteiger partial charge in [0.25, 0.3) is 5.91 Å². The lowest BCUT2D eigenvalue weighted by atomic mass is 9.97. The van der Waals surface area contributed by atoms with Crippen LogP contribution in [0.4, 0.5) is 0 Å². The third-order valence-corrected chi connectivity index (χ3v) is 4.33. The Morgan fingerprint density at radius 2 is 1.46 bits per heavy atom. The zero-order valence-electron chi connectivity index (χ0n) is 15.7. The number of ether oxygens (including phenoxy) is 1. The lowest BCUT2D eigenvalue weighted by molar-refractivity contribution is -0.127. The van der Waals surface area contributed by atoms with Gasteiger partial charge in [-0.15, -0.1) is 0 Å². The van der Waals surface area contributed by atoms with Crippen LogP contribution in [-0.4, -0.2) is 37.5 Å². The Balaban J connectivity index is 1.73. The third-order valence-electron chi connectivity index (χ3n) is 4.33. The second kappa shape index (κ2) is 8.99. The highest BCUT2D eigenvalue weighted by atomic mass is 16.5. The van der Waals surface area contributed by atoms with E-state index in [1.807, 2.05) is 61.5 Å². The SMILES string of the molecule is CCCNC(=O)CNC(=O)COC(=O)c1c2ccccc2cc2ccccc12. The van der Waals surface area contributed by atoms with E-state index in [4.69, 9.17) is 4.74 Å². The fourth-order valence-electron chi connectivity index (χ4n) is 2.99. The molecule has 0 aromatic heterocycles. The highest BCUT2D eigenvalue weighted by molar-refractivity contribution is 6.16. The van der Waals surface area contributed by atoms with Crippen molar-refractivity contribution < 1.29 is 19.1 Å². The fourth-order valence-corrected chi connectivity index (χ4v) is 2.99. The third kappa shape index (κ3) is 4.46. The molecular formula is C22H22N2O4. The number of carbonyl (C=O) groups is 3. The number of esters is 1. The standard InChI is InChI=1S/C22H22N2O4/c1-2-11-23-19(25)13-24-20(26)14-28-22(27)21-17-9-5-3-7-15(17)12-16-8-4-6-10-18(16)21/h3-10,12H,2,11,13-14H2,1H3,(H,23,25)(H,24,26). The summed E-state index contributed by atoms with van der Waals surface area (Å²) in [6, 6.07) is 17.1. The summed E-state index contributed by atoms with van der Waals surface area (Å²) in [5.41, 5.74) is 0.433. The van der Waals surface area contributed by atoms with Crippen LogP contribution in [0.2, 0.25) is 0 Å². The van der Waals surface area contributed by atoms with Crippen LogP contribution in [0.25, 0.3) is 21.5 Å². The highest BCUT2D eigenvalue weighted by Crippen LogP contribution is 2.29. The molecule has 0 aliphatic carbocycles. The van der Waals surface area contributed by atoms with E-state index in [2.05, 4.69) is 10.6 Å². The second-order valence-corrected chi connectivity index (χ2v) is 6.40. The molecule has 0 aliphatic heterocycles. The number of nitrogens with one attached hydrogen (secondary N) is 2. The van der Waals surface area contributed by atoms with E-state index in [0.717, 1.165) is 28.0 Å². The molecule has 6 heteroatoms. The normalized spacial score (nSPS) is 10.6. The molecule has 0 radical (unpaired) electrons. The van der Waals surface area contributed by atoms with Gasteiger partial charge in [-0.1, -0.05) is 55.5 Å². The van der Waals surface area contributed by atoms with Gasteiger partial charge >= 0.3 is 5.97 Å². The van der Waals surface area contributed by atoms with E-state index in [1.165, 1.54) is 0 Å². The van der Waals surface area contributed by atoms with Crippen LogP contribution < -0.4 is 10.6 Å². The molecule has 6 nitrogen and oxygen atoms in total. The maximum absolute atomic E-state index is 12.8. The van der Waals surface area contributed by atoms with Crippen LogP contribution in [0.1, 0.15) is 23.7 Å². The van der Waals surface area contributed by atoms with Crippen molar-refractivity contribution in [1.82, 2.24) is 10.6 Å². The van der Waals surface area contributed by atoms with E-state index in [0.29, 0.717) is 12.1 Å². The molecule has 0 unspecified atom stereocenters.